The van der Waals surface area contributed by atoms with Crippen LogP contribution in [0.2, 0.25) is 5.02 Å². The number of benzene rings is 2. The van der Waals surface area contributed by atoms with E-state index in [0.29, 0.717) is 61.5 Å². The molecule has 1 aromatic heterocycles. The van der Waals surface area contributed by atoms with E-state index in [4.69, 9.17) is 21.1 Å². The van der Waals surface area contributed by atoms with Gasteiger partial charge in [0.2, 0.25) is 5.91 Å². The largest absolute Gasteiger partial charge is 0.493 e. The molecule has 38 heavy (non-hydrogen) atoms. The lowest BCUT2D eigenvalue weighted by Gasteiger charge is -2.33. The molecule has 4 rings (SSSR count). The van der Waals surface area contributed by atoms with Crippen LogP contribution in [0.5, 0.6) is 11.5 Å². The quantitative estimate of drug-likeness (QED) is 0.369. The Labute approximate surface area is 232 Å². The van der Waals surface area contributed by atoms with Crippen LogP contribution in [0.4, 0.5) is 0 Å². The lowest BCUT2D eigenvalue weighted by molar-refractivity contribution is -0.130. The SMILES string of the molecule is COc1ccc(CCN(Cc2cccc(Cl)c2)Cc2nc(C(=O)N3CCN(C(C)=O)CC3)cs2)cc1OC. The minimum absolute atomic E-state index is 0.0425. The van der Waals surface area contributed by atoms with Crippen molar-refractivity contribution in [2.24, 2.45) is 0 Å². The summed E-state index contributed by atoms with van der Waals surface area (Å²) in [4.78, 5) is 35.2. The molecule has 1 aliphatic rings. The van der Waals surface area contributed by atoms with E-state index in [2.05, 4.69) is 16.0 Å². The van der Waals surface area contributed by atoms with Crippen LogP contribution in [-0.2, 0) is 24.3 Å². The van der Waals surface area contributed by atoms with Gasteiger partial charge in [-0.2, -0.15) is 0 Å². The Balaban J connectivity index is 1.44. The number of hydrogen-bond donors (Lipinski definition) is 0. The molecule has 0 bridgehead atoms. The van der Waals surface area contributed by atoms with E-state index in [1.165, 1.54) is 11.3 Å². The van der Waals surface area contributed by atoms with Gasteiger partial charge in [-0.15, -0.1) is 11.3 Å². The van der Waals surface area contributed by atoms with Crippen LogP contribution in [0.1, 0.15) is 33.5 Å². The number of methoxy groups -OCH3 is 2. The zero-order valence-corrected chi connectivity index (χ0v) is 23.6. The van der Waals surface area contributed by atoms with Crippen molar-refractivity contribution in [1.82, 2.24) is 19.7 Å². The van der Waals surface area contributed by atoms with E-state index in [0.717, 1.165) is 29.1 Å². The molecular weight excluding hydrogens is 524 g/mol. The number of aromatic nitrogens is 1. The van der Waals surface area contributed by atoms with Crippen LogP contribution in [0, 0.1) is 0 Å². The van der Waals surface area contributed by atoms with Crippen LogP contribution in [0.15, 0.2) is 47.8 Å². The Morgan fingerprint density at radius 2 is 1.71 bits per heavy atom. The summed E-state index contributed by atoms with van der Waals surface area (Å²) in [5, 5.41) is 3.42. The van der Waals surface area contributed by atoms with Crippen molar-refractivity contribution in [3.63, 3.8) is 0 Å². The molecule has 0 atom stereocenters. The average molecular weight is 557 g/mol. The summed E-state index contributed by atoms with van der Waals surface area (Å²) >= 11 is 7.74. The van der Waals surface area contributed by atoms with Gasteiger partial charge >= 0.3 is 0 Å². The molecule has 0 saturated carbocycles. The first-order chi connectivity index (χ1) is 18.4. The summed E-state index contributed by atoms with van der Waals surface area (Å²) in [7, 11) is 3.26. The number of carbonyl (C=O) groups excluding carboxylic acids is 2. The first-order valence-electron chi connectivity index (χ1n) is 12.5. The number of nitrogens with zero attached hydrogens (tertiary/aromatic N) is 4. The molecule has 1 saturated heterocycles. The van der Waals surface area contributed by atoms with Gasteiger partial charge in [-0.25, -0.2) is 4.98 Å². The molecule has 2 heterocycles. The third kappa shape index (κ3) is 7.24. The molecule has 0 radical (unpaired) electrons. The molecule has 0 spiro atoms. The van der Waals surface area contributed by atoms with Gasteiger partial charge in [0.05, 0.1) is 20.8 Å². The maximum absolute atomic E-state index is 13.0. The van der Waals surface area contributed by atoms with Crippen LogP contribution >= 0.6 is 22.9 Å². The third-order valence-electron chi connectivity index (χ3n) is 6.60. The molecule has 1 aliphatic heterocycles. The molecular formula is C28H33ClN4O4S. The highest BCUT2D eigenvalue weighted by atomic mass is 35.5. The molecule has 2 amide bonds. The molecule has 0 N–H and O–H groups in total. The number of ether oxygens (including phenoxy) is 2. The van der Waals surface area contributed by atoms with Gasteiger partial charge in [-0.3, -0.25) is 14.5 Å². The third-order valence-corrected chi connectivity index (χ3v) is 7.67. The second kappa shape index (κ2) is 13.1. The summed E-state index contributed by atoms with van der Waals surface area (Å²) in [6, 6.07) is 13.8. The maximum atomic E-state index is 13.0. The van der Waals surface area contributed by atoms with Crippen molar-refractivity contribution in [3.05, 3.63) is 74.7 Å². The zero-order valence-electron chi connectivity index (χ0n) is 22.0. The predicted molar refractivity (Wildman–Crippen MR) is 149 cm³/mol. The van der Waals surface area contributed by atoms with Gasteiger partial charge in [0.15, 0.2) is 11.5 Å². The molecule has 10 heteroatoms. The van der Waals surface area contributed by atoms with E-state index >= 15 is 0 Å². The van der Waals surface area contributed by atoms with Crippen LogP contribution in [0.25, 0.3) is 0 Å². The van der Waals surface area contributed by atoms with E-state index in [1.807, 2.05) is 41.8 Å². The van der Waals surface area contributed by atoms with Crippen LogP contribution in [-0.4, -0.2) is 78.4 Å². The van der Waals surface area contributed by atoms with Gasteiger partial charge in [0, 0.05) is 56.6 Å². The number of hydrogen-bond acceptors (Lipinski definition) is 7. The zero-order chi connectivity index (χ0) is 27.1. The van der Waals surface area contributed by atoms with Gasteiger partial charge in [-0.1, -0.05) is 29.8 Å². The van der Waals surface area contributed by atoms with Crippen molar-refractivity contribution in [2.75, 3.05) is 46.9 Å². The Bertz CT molecular complexity index is 1260. The molecule has 8 nitrogen and oxygen atoms in total. The molecule has 202 valence electrons. The maximum Gasteiger partial charge on any atom is 0.273 e. The molecule has 1 fully saturated rings. The first kappa shape index (κ1) is 27.9. The Morgan fingerprint density at radius 3 is 2.39 bits per heavy atom. The highest BCUT2D eigenvalue weighted by Crippen LogP contribution is 2.28. The van der Waals surface area contributed by atoms with Crippen molar-refractivity contribution < 1.29 is 19.1 Å². The van der Waals surface area contributed by atoms with Crippen molar-refractivity contribution in [1.29, 1.82) is 0 Å². The first-order valence-corrected chi connectivity index (χ1v) is 13.8. The second-order valence-electron chi connectivity index (χ2n) is 9.20. The van der Waals surface area contributed by atoms with Crippen molar-refractivity contribution >= 4 is 34.8 Å². The number of rotatable bonds is 10. The normalized spacial score (nSPS) is 13.6. The number of piperazine rings is 1. The van der Waals surface area contributed by atoms with Gasteiger partial charge in [0.25, 0.3) is 5.91 Å². The van der Waals surface area contributed by atoms with E-state index < -0.39 is 0 Å². The van der Waals surface area contributed by atoms with Gasteiger partial charge < -0.3 is 19.3 Å². The van der Waals surface area contributed by atoms with Crippen molar-refractivity contribution in [2.45, 2.75) is 26.4 Å². The fourth-order valence-corrected chi connectivity index (χ4v) is 5.51. The summed E-state index contributed by atoms with van der Waals surface area (Å²) < 4.78 is 10.8. The number of thiazole rings is 1. The predicted octanol–water partition coefficient (Wildman–Crippen LogP) is 4.36. The average Bonchev–Trinajstić information content (AvgIpc) is 3.39. The smallest absolute Gasteiger partial charge is 0.273 e. The number of carbonyl (C=O) groups is 2. The summed E-state index contributed by atoms with van der Waals surface area (Å²) in [6.07, 6.45) is 0.804. The molecule has 2 aromatic carbocycles. The Morgan fingerprint density at radius 1 is 0.974 bits per heavy atom. The Hall–Kier alpha value is -3.14. The molecule has 3 aromatic rings. The monoisotopic (exact) mass is 556 g/mol. The lowest BCUT2D eigenvalue weighted by atomic mass is 10.1. The fraction of sp³-hybridized carbons (Fsp3) is 0.393. The van der Waals surface area contributed by atoms with Crippen LogP contribution < -0.4 is 9.47 Å². The summed E-state index contributed by atoms with van der Waals surface area (Å²) in [5.41, 5.74) is 2.71. The Kier molecular flexibility index (Phi) is 9.60. The lowest BCUT2D eigenvalue weighted by Crippen LogP contribution is -2.50. The minimum Gasteiger partial charge on any atom is -0.493 e. The van der Waals surface area contributed by atoms with E-state index in [-0.39, 0.29) is 11.8 Å². The van der Waals surface area contributed by atoms with E-state index in [9.17, 15) is 9.59 Å². The number of halogens is 1. The van der Waals surface area contributed by atoms with E-state index in [1.54, 1.807) is 30.9 Å². The van der Waals surface area contributed by atoms with Crippen molar-refractivity contribution in [3.8, 4) is 11.5 Å². The summed E-state index contributed by atoms with van der Waals surface area (Å²) in [5.74, 6) is 1.37. The van der Waals surface area contributed by atoms with Gasteiger partial charge in [0.1, 0.15) is 10.7 Å². The standard InChI is InChI=1S/C28H33ClN4O4S/c1-20(34)32-11-13-33(14-12-32)28(35)24-19-38-27(30-24)18-31(17-22-5-4-6-23(29)15-22)10-9-21-7-8-25(36-2)26(16-21)37-3/h4-8,15-16,19H,9-14,17-18H2,1-3H3. The molecule has 0 unspecified atom stereocenters. The highest BCUT2D eigenvalue weighted by molar-refractivity contribution is 7.09. The summed E-state index contributed by atoms with van der Waals surface area (Å²) in [6.45, 7) is 5.81. The van der Waals surface area contributed by atoms with Gasteiger partial charge in [-0.05, 0) is 41.8 Å². The fourth-order valence-electron chi connectivity index (χ4n) is 4.49. The topological polar surface area (TPSA) is 75.2 Å². The minimum atomic E-state index is -0.0811. The van der Waals surface area contributed by atoms with Crippen LogP contribution in [0.3, 0.4) is 0 Å². The highest BCUT2D eigenvalue weighted by Gasteiger charge is 2.25. The second-order valence-corrected chi connectivity index (χ2v) is 10.6. The number of amides is 2. The molecule has 0 aliphatic carbocycles.